The lowest BCUT2D eigenvalue weighted by molar-refractivity contribution is -0.121. The highest BCUT2D eigenvalue weighted by atomic mass is 16.1. The first-order chi connectivity index (χ1) is 12.2. The molecule has 0 radical (unpaired) electrons. The lowest BCUT2D eigenvalue weighted by Gasteiger charge is -2.20. The third-order valence-corrected chi connectivity index (χ3v) is 5.14. The number of benzene rings is 2. The molecule has 1 atom stereocenters. The van der Waals surface area contributed by atoms with Crippen molar-refractivity contribution in [2.45, 2.75) is 72.3 Å². The van der Waals surface area contributed by atoms with E-state index in [2.05, 4.69) is 89.3 Å². The second kappa shape index (κ2) is 8.53. The van der Waals surface area contributed by atoms with E-state index < -0.39 is 0 Å². The lowest BCUT2D eigenvalue weighted by atomic mass is 9.86. The molecule has 0 aliphatic rings. The van der Waals surface area contributed by atoms with Crippen LogP contribution in [0.4, 0.5) is 0 Å². The van der Waals surface area contributed by atoms with Crippen LogP contribution >= 0.6 is 0 Å². The molecular weight excluding hydrogens is 318 g/mol. The predicted molar refractivity (Wildman–Crippen MR) is 111 cm³/mol. The van der Waals surface area contributed by atoms with E-state index in [1.54, 1.807) is 0 Å². The summed E-state index contributed by atoms with van der Waals surface area (Å²) in [5.41, 5.74) is 6.45. The molecule has 1 amide bonds. The fraction of sp³-hybridized carbons (Fsp3) is 0.458. The SMILES string of the molecule is CCC(NC(=O)CCc1ccc(C(C)(C)C)cc1)c1ccc(C)c(C)c1. The van der Waals surface area contributed by atoms with Gasteiger partial charge in [-0.25, -0.2) is 0 Å². The van der Waals surface area contributed by atoms with Crippen LogP contribution in [0.2, 0.25) is 0 Å². The molecule has 0 aliphatic heterocycles. The van der Waals surface area contributed by atoms with Gasteiger partial charge in [0, 0.05) is 6.42 Å². The van der Waals surface area contributed by atoms with Crippen LogP contribution in [0.3, 0.4) is 0 Å². The maximum Gasteiger partial charge on any atom is 0.220 e. The van der Waals surface area contributed by atoms with Gasteiger partial charge in [-0.2, -0.15) is 0 Å². The Hall–Kier alpha value is -2.09. The zero-order valence-corrected chi connectivity index (χ0v) is 17.1. The molecule has 140 valence electrons. The minimum Gasteiger partial charge on any atom is -0.349 e. The van der Waals surface area contributed by atoms with Crippen LogP contribution in [-0.2, 0) is 16.6 Å². The van der Waals surface area contributed by atoms with Crippen molar-refractivity contribution < 1.29 is 4.79 Å². The summed E-state index contributed by atoms with van der Waals surface area (Å²) in [6.07, 6.45) is 2.20. The van der Waals surface area contributed by atoms with Gasteiger partial charge < -0.3 is 5.32 Å². The number of carbonyl (C=O) groups is 1. The second-order valence-corrected chi connectivity index (χ2v) is 8.32. The first-order valence-electron chi connectivity index (χ1n) is 9.66. The summed E-state index contributed by atoms with van der Waals surface area (Å²) in [5.74, 6) is 0.120. The van der Waals surface area contributed by atoms with Crippen LogP contribution in [0, 0.1) is 13.8 Å². The first kappa shape index (κ1) is 20.2. The third kappa shape index (κ3) is 5.45. The van der Waals surface area contributed by atoms with E-state index in [1.807, 2.05) is 0 Å². The Bertz CT molecular complexity index is 738. The molecule has 0 aliphatic carbocycles. The van der Waals surface area contributed by atoms with Crippen molar-refractivity contribution in [2.24, 2.45) is 0 Å². The maximum atomic E-state index is 12.4. The van der Waals surface area contributed by atoms with Crippen LogP contribution in [0.1, 0.15) is 74.4 Å². The monoisotopic (exact) mass is 351 g/mol. The van der Waals surface area contributed by atoms with E-state index in [1.165, 1.54) is 27.8 Å². The van der Waals surface area contributed by atoms with Gasteiger partial charge in [-0.3, -0.25) is 4.79 Å². The molecule has 0 aromatic heterocycles. The summed E-state index contributed by atoms with van der Waals surface area (Å²) in [6, 6.07) is 15.2. The Morgan fingerprint density at radius 1 is 1.00 bits per heavy atom. The third-order valence-electron chi connectivity index (χ3n) is 5.14. The number of carbonyl (C=O) groups excluding carboxylic acids is 1. The molecule has 0 saturated heterocycles. The molecule has 2 heteroatoms. The molecule has 0 saturated carbocycles. The summed E-state index contributed by atoms with van der Waals surface area (Å²) in [4.78, 5) is 12.4. The van der Waals surface area contributed by atoms with E-state index in [0.29, 0.717) is 6.42 Å². The minimum atomic E-state index is 0.0880. The molecule has 0 bridgehead atoms. The highest BCUT2D eigenvalue weighted by Crippen LogP contribution is 2.23. The standard InChI is InChI=1S/C24H33NO/c1-7-22(20-12-8-17(2)18(3)16-20)25-23(26)15-11-19-9-13-21(14-10-19)24(4,5)6/h8-10,12-14,16,22H,7,11,15H2,1-6H3,(H,25,26). The molecule has 1 N–H and O–H groups in total. The van der Waals surface area contributed by atoms with E-state index >= 15 is 0 Å². The number of nitrogens with one attached hydrogen (secondary N) is 1. The Balaban J connectivity index is 1.93. The zero-order chi connectivity index (χ0) is 19.3. The number of aryl methyl sites for hydroxylation is 3. The van der Waals surface area contributed by atoms with Crippen molar-refractivity contribution in [1.29, 1.82) is 0 Å². The van der Waals surface area contributed by atoms with E-state index in [9.17, 15) is 4.79 Å². The molecule has 1 unspecified atom stereocenters. The van der Waals surface area contributed by atoms with Crippen molar-refractivity contribution >= 4 is 5.91 Å². The van der Waals surface area contributed by atoms with Crippen molar-refractivity contribution in [3.63, 3.8) is 0 Å². The van der Waals surface area contributed by atoms with Crippen LogP contribution < -0.4 is 5.32 Å². The minimum absolute atomic E-state index is 0.0880. The zero-order valence-electron chi connectivity index (χ0n) is 17.1. The average molecular weight is 352 g/mol. The summed E-state index contributed by atoms with van der Waals surface area (Å²) in [5, 5.41) is 3.20. The molecule has 0 heterocycles. The van der Waals surface area contributed by atoms with Crippen LogP contribution in [0.5, 0.6) is 0 Å². The molecule has 0 fully saturated rings. The molecule has 2 rings (SSSR count). The molecule has 0 spiro atoms. The maximum absolute atomic E-state index is 12.4. The fourth-order valence-corrected chi connectivity index (χ4v) is 3.10. The predicted octanol–water partition coefficient (Wildman–Crippen LogP) is 5.80. The summed E-state index contributed by atoms with van der Waals surface area (Å²) >= 11 is 0. The summed E-state index contributed by atoms with van der Waals surface area (Å²) in [7, 11) is 0. The Kier molecular flexibility index (Phi) is 6.63. The quantitative estimate of drug-likeness (QED) is 0.700. The topological polar surface area (TPSA) is 29.1 Å². The van der Waals surface area contributed by atoms with Gasteiger partial charge in [0.05, 0.1) is 6.04 Å². The largest absolute Gasteiger partial charge is 0.349 e. The Morgan fingerprint density at radius 2 is 1.65 bits per heavy atom. The molecule has 26 heavy (non-hydrogen) atoms. The van der Waals surface area contributed by atoms with Gasteiger partial charge in [0.2, 0.25) is 5.91 Å². The van der Waals surface area contributed by atoms with E-state index in [0.717, 1.165) is 12.8 Å². The van der Waals surface area contributed by atoms with Crippen molar-refractivity contribution in [3.8, 4) is 0 Å². The van der Waals surface area contributed by atoms with Crippen LogP contribution in [0.15, 0.2) is 42.5 Å². The Labute approximate surface area is 159 Å². The Morgan fingerprint density at radius 3 is 2.19 bits per heavy atom. The van der Waals surface area contributed by atoms with Crippen molar-refractivity contribution in [2.75, 3.05) is 0 Å². The van der Waals surface area contributed by atoms with Gasteiger partial charge in [0.1, 0.15) is 0 Å². The number of rotatable bonds is 6. The normalized spacial score (nSPS) is 12.7. The lowest BCUT2D eigenvalue weighted by Crippen LogP contribution is -2.28. The van der Waals surface area contributed by atoms with Gasteiger partial charge in [0.25, 0.3) is 0 Å². The van der Waals surface area contributed by atoms with Gasteiger partial charge in [0.15, 0.2) is 0 Å². The van der Waals surface area contributed by atoms with Gasteiger partial charge in [-0.15, -0.1) is 0 Å². The summed E-state index contributed by atoms with van der Waals surface area (Å²) < 4.78 is 0. The average Bonchev–Trinajstić information content (AvgIpc) is 2.60. The highest BCUT2D eigenvalue weighted by molar-refractivity contribution is 5.76. The van der Waals surface area contributed by atoms with Gasteiger partial charge in [-0.05, 0) is 59.9 Å². The number of amides is 1. The van der Waals surface area contributed by atoms with E-state index in [-0.39, 0.29) is 17.4 Å². The highest BCUT2D eigenvalue weighted by Gasteiger charge is 2.15. The van der Waals surface area contributed by atoms with E-state index in [4.69, 9.17) is 0 Å². The molecular formula is C24H33NO. The summed E-state index contributed by atoms with van der Waals surface area (Å²) in [6.45, 7) is 13.0. The van der Waals surface area contributed by atoms with Crippen molar-refractivity contribution in [3.05, 3.63) is 70.3 Å². The first-order valence-corrected chi connectivity index (χ1v) is 9.66. The van der Waals surface area contributed by atoms with Gasteiger partial charge in [-0.1, -0.05) is 70.2 Å². The molecule has 2 nitrogen and oxygen atoms in total. The fourth-order valence-electron chi connectivity index (χ4n) is 3.10. The number of hydrogen-bond acceptors (Lipinski definition) is 1. The van der Waals surface area contributed by atoms with Crippen molar-refractivity contribution in [1.82, 2.24) is 5.32 Å². The molecule has 2 aromatic carbocycles. The number of hydrogen-bond donors (Lipinski definition) is 1. The second-order valence-electron chi connectivity index (χ2n) is 8.32. The van der Waals surface area contributed by atoms with Crippen LogP contribution in [-0.4, -0.2) is 5.91 Å². The van der Waals surface area contributed by atoms with Crippen LogP contribution in [0.25, 0.3) is 0 Å². The smallest absolute Gasteiger partial charge is 0.220 e. The van der Waals surface area contributed by atoms with Gasteiger partial charge >= 0.3 is 0 Å². The molecule has 2 aromatic rings.